The van der Waals surface area contributed by atoms with E-state index in [-0.39, 0.29) is 0 Å². The molecular formula is C125H79N13O3Si. The quantitative estimate of drug-likeness (QED) is 0.0804. The lowest BCUT2D eigenvalue weighted by Gasteiger charge is -2.34. The lowest BCUT2D eigenvalue weighted by atomic mass is 9.98. The maximum Gasteiger partial charge on any atom is 0.220 e. The van der Waals surface area contributed by atoms with Crippen LogP contribution in [0.3, 0.4) is 0 Å². The summed E-state index contributed by atoms with van der Waals surface area (Å²) in [5, 5.41) is 11.5. The van der Waals surface area contributed by atoms with Crippen molar-refractivity contribution in [2.75, 3.05) is 0 Å². The van der Waals surface area contributed by atoms with Gasteiger partial charge in [-0.2, -0.15) is 0 Å². The van der Waals surface area contributed by atoms with Gasteiger partial charge in [0.15, 0.2) is 25.5 Å². The summed E-state index contributed by atoms with van der Waals surface area (Å²) < 4.78 is 34.1. The second-order valence-electron chi connectivity index (χ2n) is 35.7. The number of nitrogens with zero attached hydrogens (tertiary/aromatic N) is 13. The van der Waals surface area contributed by atoms with Gasteiger partial charge in [-0.3, -0.25) is 26.9 Å². The average Bonchev–Trinajstić information content (AvgIpc) is 1.57. The Morgan fingerprint density at radius 3 is 0.866 bits per heavy atom. The van der Waals surface area contributed by atoms with E-state index >= 15 is 0 Å². The Morgan fingerprint density at radius 1 is 0.197 bits per heavy atom. The van der Waals surface area contributed by atoms with Gasteiger partial charge in [-0.1, -0.05) is 352 Å². The molecule has 19 aromatic carbocycles. The smallest absolute Gasteiger partial charge is 0.220 e. The lowest BCUT2D eigenvalue weighted by molar-refractivity contribution is 0.669. The first-order chi connectivity index (χ1) is 70.5. The number of pyridine rings is 1. The van der Waals surface area contributed by atoms with Crippen LogP contribution in [0, 0.1) is 0 Å². The second-order valence-corrected chi connectivity index (χ2v) is 39.5. The standard InChI is InChI=1S/C43H29N3OSi.C42H26N4O.C40H24N6O/c1-4-16-30(17-5-1)48(31-18-6-2-7-19-31,32-20-8-3-9-21-32)40-29-14-22-33-41-38(27-15-28-39(41)47-42(33)40)46-37-26-13-12-25-36(37)45-35-24-11-10-23-34(35)44-43(45)46;1-3-13-27(14-4-1)33-25-29(26-34(43-33)28-15-5-2-6-16-28)30-17-11-18-31-40-38(23-12-24-39(40)47-41(30)31)46-37-22-10-9-21-36(37)45-35-20-8-7-19-32(35)44-42(45)46;1-3-13-25(14-4-1)37-42-38(26-15-5-2-6-16-26)44-39(43-37)28-18-11-17-27-35-33(23-12-24-34(35)47-36(27)28)46-32-22-10-9-21-31(32)45-30-20-8-7-19-29(30)41-40(45)46/h1-29H;1-26H;1-24H. The minimum Gasteiger partial charge on any atom is -0.456 e. The van der Waals surface area contributed by atoms with Crippen LogP contribution >= 0.6 is 0 Å². The van der Waals surface area contributed by atoms with E-state index < -0.39 is 8.07 Å². The van der Waals surface area contributed by atoms with Crippen LogP contribution in [0.4, 0.5) is 0 Å². The van der Waals surface area contributed by atoms with Crippen molar-refractivity contribution in [1.29, 1.82) is 0 Å². The summed E-state index contributed by atoms with van der Waals surface area (Å²) in [7, 11) is -2.84. The minimum atomic E-state index is -2.84. The molecule has 0 aliphatic heterocycles. The van der Waals surface area contributed by atoms with E-state index in [1.54, 1.807) is 0 Å². The van der Waals surface area contributed by atoms with E-state index in [1.165, 1.54) is 20.7 Å². The molecule has 0 saturated carbocycles. The molecule has 0 bridgehead atoms. The molecule has 16 nitrogen and oxygen atoms in total. The minimum absolute atomic E-state index is 0.553. The third-order valence-electron chi connectivity index (χ3n) is 27.8. The fraction of sp³-hybridized carbons (Fsp3) is 0. The van der Waals surface area contributed by atoms with Crippen LogP contribution in [0.15, 0.2) is 492 Å². The largest absolute Gasteiger partial charge is 0.456 e. The molecule has 0 N–H and O–H groups in total. The van der Waals surface area contributed by atoms with Gasteiger partial charge in [-0.25, -0.2) is 34.9 Å². The van der Waals surface area contributed by atoms with Gasteiger partial charge >= 0.3 is 0 Å². The molecule has 11 heterocycles. The highest BCUT2D eigenvalue weighted by atomic mass is 28.3. The number of furan rings is 3. The van der Waals surface area contributed by atoms with Crippen molar-refractivity contribution in [1.82, 2.24) is 61.8 Å². The Kier molecular flexibility index (Phi) is 18.9. The van der Waals surface area contributed by atoms with Crippen molar-refractivity contribution in [3.05, 3.63) is 479 Å². The molecule has 0 aliphatic carbocycles. The van der Waals surface area contributed by atoms with Crippen molar-refractivity contribution in [2.24, 2.45) is 0 Å². The van der Waals surface area contributed by atoms with Crippen molar-refractivity contribution in [2.45, 2.75) is 0 Å². The van der Waals surface area contributed by atoms with E-state index in [1.807, 2.05) is 109 Å². The van der Waals surface area contributed by atoms with Gasteiger partial charge in [0, 0.05) is 44.0 Å². The fourth-order valence-electron chi connectivity index (χ4n) is 21.7. The summed E-state index contributed by atoms with van der Waals surface area (Å²) in [5.74, 6) is 4.38. The van der Waals surface area contributed by atoms with Gasteiger partial charge in [0.05, 0.1) is 116 Å². The van der Waals surface area contributed by atoms with E-state index in [9.17, 15) is 0 Å². The first kappa shape index (κ1) is 81.2. The number of aromatic nitrogens is 13. The van der Waals surface area contributed by atoms with Crippen LogP contribution in [0.25, 0.3) is 234 Å². The van der Waals surface area contributed by atoms with Crippen LogP contribution in [0.1, 0.15) is 0 Å². The van der Waals surface area contributed by atoms with Crippen molar-refractivity contribution < 1.29 is 13.3 Å². The van der Waals surface area contributed by atoms with Gasteiger partial charge in [-0.05, 0) is 154 Å². The Balaban J connectivity index is 0.000000104. The Morgan fingerprint density at radius 2 is 0.486 bits per heavy atom. The van der Waals surface area contributed by atoms with Crippen molar-refractivity contribution in [3.8, 4) is 84.9 Å². The zero-order valence-corrected chi connectivity index (χ0v) is 77.1. The van der Waals surface area contributed by atoms with Crippen LogP contribution in [-0.4, -0.2) is 69.9 Å². The number of imidazole rings is 6. The maximum absolute atomic E-state index is 7.07. The molecule has 17 heteroatoms. The summed E-state index contributed by atoms with van der Waals surface area (Å²) in [6, 6.07) is 167. The lowest BCUT2D eigenvalue weighted by Crippen LogP contribution is -2.74. The third-order valence-corrected chi connectivity index (χ3v) is 32.6. The highest BCUT2D eigenvalue weighted by Crippen LogP contribution is 2.46. The number of benzene rings is 19. The molecule has 0 fully saturated rings. The topological polar surface area (TPSA) is 158 Å². The van der Waals surface area contributed by atoms with Crippen LogP contribution in [0.5, 0.6) is 0 Å². The maximum atomic E-state index is 7.07. The Bertz CT molecular complexity index is 9610. The molecule has 142 heavy (non-hydrogen) atoms. The van der Waals surface area contributed by atoms with Gasteiger partial charge in [0.25, 0.3) is 0 Å². The fourth-order valence-corrected chi connectivity index (χ4v) is 26.6. The third kappa shape index (κ3) is 12.9. The molecule has 0 spiro atoms. The van der Waals surface area contributed by atoms with E-state index in [0.717, 1.165) is 217 Å². The molecule has 0 atom stereocenters. The summed E-state index contributed by atoms with van der Waals surface area (Å²) in [6.07, 6.45) is 0. The van der Waals surface area contributed by atoms with Crippen LogP contribution in [-0.2, 0) is 0 Å². The molecule has 30 rings (SSSR count). The zero-order chi connectivity index (χ0) is 93.5. The highest BCUT2D eigenvalue weighted by molar-refractivity contribution is 7.20. The SMILES string of the molecule is c1ccc(-c2cc(-c3cccc4c3oc3cccc(-n5c6ccccc6n6c7ccccc7nc56)c34)cc(-c3ccccc3)n2)cc1.c1ccc(-c2nc(-c3ccccc3)nc(-c3cccc4c3oc3cccc(-n5c6ccccc6n6c7ccccc7nc56)c34)n2)cc1.c1ccc([Si](c2ccccc2)(c2ccccc2)c2cccc3c2oc2cccc(-n4c5ccccc5n5c6ccccc6nc45)c23)cc1. The van der Waals surface area contributed by atoms with Crippen molar-refractivity contribution >= 4 is 178 Å². The summed E-state index contributed by atoms with van der Waals surface area (Å²) in [4.78, 5) is 35.4. The summed E-state index contributed by atoms with van der Waals surface area (Å²) >= 11 is 0. The molecule has 0 amide bonds. The van der Waals surface area contributed by atoms with Gasteiger partial charge in [-0.15, -0.1) is 0 Å². The first-order valence-corrected chi connectivity index (χ1v) is 49.6. The molecule has 11 aromatic heterocycles. The molecular weight excluding hydrogens is 1760 g/mol. The second kappa shape index (κ2) is 33.1. The summed E-state index contributed by atoms with van der Waals surface area (Å²) in [5.41, 5.74) is 29.5. The number of fused-ring (bicyclic) bond motifs is 24. The predicted molar refractivity (Wildman–Crippen MR) is 578 cm³/mol. The Labute approximate surface area is 811 Å². The van der Waals surface area contributed by atoms with Crippen LogP contribution < -0.4 is 20.7 Å². The average molecular weight is 1840 g/mol. The zero-order valence-electron chi connectivity index (χ0n) is 76.1. The van der Waals surface area contributed by atoms with E-state index in [4.69, 9.17) is 48.1 Å². The highest BCUT2D eigenvalue weighted by Gasteiger charge is 2.44. The molecule has 0 aliphatic rings. The number of rotatable bonds is 13. The summed E-state index contributed by atoms with van der Waals surface area (Å²) in [6.45, 7) is 0. The van der Waals surface area contributed by atoms with E-state index in [0.29, 0.717) is 17.5 Å². The van der Waals surface area contributed by atoms with Gasteiger partial charge < -0.3 is 13.3 Å². The monoisotopic (exact) mass is 1840 g/mol. The number of hydrogen-bond donors (Lipinski definition) is 0. The van der Waals surface area contributed by atoms with Crippen molar-refractivity contribution in [3.63, 3.8) is 0 Å². The Hall–Kier alpha value is -19.2. The molecule has 0 saturated heterocycles. The normalized spacial score (nSPS) is 11.9. The molecule has 0 unspecified atom stereocenters. The molecule has 30 aromatic rings. The number of para-hydroxylation sites is 15. The first-order valence-electron chi connectivity index (χ1n) is 47.6. The number of hydrogen-bond acceptors (Lipinski definition) is 10. The molecule has 666 valence electrons. The van der Waals surface area contributed by atoms with Gasteiger partial charge in [0.2, 0.25) is 17.3 Å². The van der Waals surface area contributed by atoms with Gasteiger partial charge in [0.1, 0.15) is 33.5 Å². The van der Waals surface area contributed by atoms with E-state index in [2.05, 4.69) is 397 Å². The predicted octanol–water partition coefficient (Wildman–Crippen LogP) is 28.0. The van der Waals surface area contributed by atoms with Crippen LogP contribution in [0.2, 0.25) is 0 Å². The molecule has 0 radical (unpaired) electrons.